The zero-order chi connectivity index (χ0) is 30.2. The van der Waals surface area contributed by atoms with E-state index in [1.165, 1.54) is 29.3 Å². The second-order valence-electron chi connectivity index (χ2n) is 10.9. The number of fused-ring (bicyclic) bond motifs is 3. The minimum atomic E-state index is -0.389. The molecular formula is C34H32FN5O3S. The summed E-state index contributed by atoms with van der Waals surface area (Å²) in [6, 6.07) is 13.3. The Bertz CT molecular complexity index is 1900. The predicted molar refractivity (Wildman–Crippen MR) is 170 cm³/mol. The minimum absolute atomic E-state index is 0.123. The quantitative estimate of drug-likeness (QED) is 0.176. The molecule has 2 aromatic carbocycles. The second kappa shape index (κ2) is 12.0. The van der Waals surface area contributed by atoms with Crippen molar-refractivity contribution in [1.82, 2.24) is 25.0 Å². The lowest BCUT2D eigenvalue weighted by Gasteiger charge is -2.27. The number of ether oxygens (including phenoxy) is 2. The van der Waals surface area contributed by atoms with Gasteiger partial charge in [0.15, 0.2) is 0 Å². The monoisotopic (exact) mass is 609 g/mol. The number of amides is 1. The number of methoxy groups -OCH3 is 1. The molecule has 0 atom stereocenters. The van der Waals surface area contributed by atoms with Crippen LogP contribution in [0.5, 0.6) is 5.75 Å². The number of pyridine rings is 1. The normalized spacial score (nSPS) is 14.4. The van der Waals surface area contributed by atoms with E-state index in [9.17, 15) is 9.18 Å². The number of hydrogen-bond donors (Lipinski definition) is 1. The molecule has 0 aliphatic carbocycles. The van der Waals surface area contributed by atoms with Gasteiger partial charge in [-0.1, -0.05) is 18.7 Å². The van der Waals surface area contributed by atoms with Crippen LogP contribution in [0.3, 0.4) is 0 Å². The molecule has 1 amide bonds. The summed E-state index contributed by atoms with van der Waals surface area (Å²) in [5.41, 5.74) is 8.56. The third kappa shape index (κ3) is 5.08. The van der Waals surface area contributed by atoms with Crippen LogP contribution in [0.2, 0.25) is 0 Å². The molecule has 3 aromatic heterocycles. The molecule has 10 heteroatoms. The number of hydrogen-bond acceptors (Lipinski definition) is 7. The van der Waals surface area contributed by atoms with Gasteiger partial charge in [-0.2, -0.15) is 5.10 Å². The average molecular weight is 610 g/mol. The third-order valence-electron chi connectivity index (χ3n) is 8.34. The van der Waals surface area contributed by atoms with Gasteiger partial charge in [0.05, 0.1) is 43.0 Å². The molecule has 2 aliphatic rings. The van der Waals surface area contributed by atoms with Gasteiger partial charge in [0, 0.05) is 58.6 Å². The number of aromatic nitrogens is 3. The van der Waals surface area contributed by atoms with Crippen molar-refractivity contribution in [3.05, 3.63) is 89.3 Å². The van der Waals surface area contributed by atoms with Crippen LogP contribution in [0, 0.1) is 5.82 Å². The van der Waals surface area contributed by atoms with Gasteiger partial charge in [0.25, 0.3) is 0 Å². The van der Waals surface area contributed by atoms with Crippen molar-refractivity contribution in [2.24, 2.45) is 0 Å². The van der Waals surface area contributed by atoms with Crippen molar-refractivity contribution < 1.29 is 18.7 Å². The highest BCUT2D eigenvalue weighted by Crippen LogP contribution is 2.47. The summed E-state index contributed by atoms with van der Waals surface area (Å²) in [5.74, 6) is -0.0972. The van der Waals surface area contributed by atoms with Crippen molar-refractivity contribution in [3.63, 3.8) is 0 Å². The Labute approximate surface area is 258 Å². The number of thiophene rings is 1. The number of nitrogens with one attached hydrogen (secondary N) is 1. The van der Waals surface area contributed by atoms with E-state index in [0.29, 0.717) is 37.7 Å². The summed E-state index contributed by atoms with van der Waals surface area (Å²) in [6.45, 7) is 7.63. The van der Waals surface area contributed by atoms with E-state index in [2.05, 4.69) is 41.5 Å². The maximum atomic E-state index is 14.6. The molecule has 7 rings (SSSR count). The van der Waals surface area contributed by atoms with Crippen molar-refractivity contribution in [3.8, 4) is 39.4 Å². The van der Waals surface area contributed by atoms with Crippen molar-refractivity contribution in [2.75, 3.05) is 33.4 Å². The Kier molecular flexibility index (Phi) is 7.71. The molecule has 0 saturated carbocycles. The Balaban J connectivity index is 1.48. The fourth-order valence-corrected chi connectivity index (χ4v) is 7.09. The smallest absolute Gasteiger partial charge is 0.246 e. The second-order valence-corrected chi connectivity index (χ2v) is 11.8. The summed E-state index contributed by atoms with van der Waals surface area (Å²) < 4.78 is 28.9. The molecule has 5 heterocycles. The highest BCUT2D eigenvalue weighted by Gasteiger charge is 2.28. The van der Waals surface area contributed by atoms with E-state index < -0.39 is 0 Å². The van der Waals surface area contributed by atoms with Gasteiger partial charge in [0.1, 0.15) is 18.2 Å². The van der Waals surface area contributed by atoms with E-state index in [1.807, 2.05) is 10.9 Å². The molecule has 0 fully saturated rings. The van der Waals surface area contributed by atoms with Gasteiger partial charge >= 0.3 is 0 Å². The molecule has 44 heavy (non-hydrogen) atoms. The molecule has 0 radical (unpaired) electrons. The molecule has 8 nitrogen and oxygen atoms in total. The first-order valence-electron chi connectivity index (χ1n) is 14.7. The van der Waals surface area contributed by atoms with E-state index in [4.69, 9.17) is 19.6 Å². The number of benzene rings is 2. The highest BCUT2D eigenvalue weighted by molar-refractivity contribution is 7.18. The van der Waals surface area contributed by atoms with Gasteiger partial charge in [-0.15, -0.1) is 11.3 Å². The summed E-state index contributed by atoms with van der Waals surface area (Å²) in [4.78, 5) is 19.8. The van der Waals surface area contributed by atoms with Gasteiger partial charge in [-0.05, 0) is 59.8 Å². The van der Waals surface area contributed by atoms with Crippen LogP contribution in [-0.2, 0) is 35.6 Å². The third-order valence-corrected chi connectivity index (χ3v) is 9.28. The number of nitrogens with zero attached hydrogens (tertiary/aromatic N) is 4. The Morgan fingerprint density at radius 2 is 2.02 bits per heavy atom. The molecule has 0 spiro atoms. The summed E-state index contributed by atoms with van der Waals surface area (Å²) in [7, 11) is 1.60. The number of carbonyl (C=O) groups excluding carboxylic acids is 1. The first kappa shape index (κ1) is 28.4. The van der Waals surface area contributed by atoms with Gasteiger partial charge < -0.3 is 19.7 Å². The standard InChI is InChI=1S/C34H32FN5O3S/c1-3-30(41)39-11-12-40-28(20-39)27(19-37-40)33-31(25-7-6-24(35)17-29(25)43-14-13-42-2)34-26(9-15-44-34)32(38-33)22-4-5-23-18-36-10-8-21(23)16-22/h3-7,9,15-17,19,36H,1,8,10-14,18,20H2,2H3. The Hall–Kier alpha value is -4.38. The molecule has 0 saturated heterocycles. The molecule has 0 unspecified atom stereocenters. The van der Waals surface area contributed by atoms with Gasteiger partial charge in [-0.25, -0.2) is 9.37 Å². The van der Waals surface area contributed by atoms with Gasteiger partial charge in [0.2, 0.25) is 5.91 Å². The Morgan fingerprint density at radius 3 is 2.89 bits per heavy atom. The topological polar surface area (TPSA) is 81.5 Å². The molecule has 0 bridgehead atoms. The van der Waals surface area contributed by atoms with Crippen LogP contribution in [0.15, 0.2) is 66.7 Å². The van der Waals surface area contributed by atoms with Crippen LogP contribution in [0.4, 0.5) is 4.39 Å². The zero-order valence-electron chi connectivity index (χ0n) is 24.4. The van der Waals surface area contributed by atoms with Crippen LogP contribution < -0.4 is 10.1 Å². The fourth-order valence-electron chi connectivity index (χ4n) is 6.13. The molecule has 2 aliphatic heterocycles. The molecule has 224 valence electrons. The summed E-state index contributed by atoms with van der Waals surface area (Å²) in [5, 5.41) is 11.2. The van der Waals surface area contributed by atoms with E-state index in [1.54, 1.807) is 29.4 Å². The average Bonchev–Trinajstić information content (AvgIpc) is 3.71. The molecular weight excluding hydrogens is 577 g/mol. The summed E-state index contributed by atoms with van der Waals surface area (Å²) >= 11 is 1.62. The van der Waals surface area contributed by atoms with Crippen LogP contribution >= 0.6 is 11.3 Å². The lowest BCUT2D eigenvalue weighted by Crippen LogP contribution is -2.37. The summed E-state index contributed by atoms with van der Waals surface area (Å²) in [6.07, 6.45) is 4.14. The lowest BCUT2D eigenvalue weighted by atomic mass is 9.93. The first-order valence-corrected chi connectivity index (χ1v) is 15.6. The zero-order valence-corrected chi connectivity index (χ0v) is 25.3. The minimum Gasteiger partial charge on any atom is -0.490 e. The number of halogens is 1. The molecule has 1 N–H and O–H groups in total. The van der Waals surface area contributed by atoms with E-state index >= 15 is 0 Å². The largest absolute Gasteiger partial charge is 0.490 e. The maximum absolute atomic E-state index is 14.6. The molecule has 5 aromatic rings. The maximum Gasteiger partial charge on any atom is 0.246 e. The highest BCUT2D eigenvalue weighted by atomic mass is 32.1. The number of rotatable bonds is 8. The van der Waals surface area contributed by atoms with Crippen molar-refractivity contribution in [2.45, 2.75) is 26.1 Å². The van der Waals surface area contributed by atoms with Crippen LogP contribution in [-0.4, -0.2) is 59.0 Å². The Morgan fingerprint density at radius 1 is 1.11 bits per heavy atom. The predicted octanol–water partition coefficient (Wildman–Crippen LogP) is 5.83. The van der Waals surface area contributed by atoms with Crippen molar-refractivity contribution in [1.29, 1.82) is 0 Å². The SMILES string of the molecule is C=CC(=O)N1CCn2ncc(-c3nc(-c4ccc5c(c4)CCNC5)c4ccsc4c3-c3ccc(F)cc3OCCOC)c2C1. The number of carbonyl (C=O) groups is 1. The van der Waals surface area contributed by atoms with E-state index in [0.717, 1.165) is 63.2 Å². The lowest BCUT2D eigenvalue weighted by molar-refractivity contribution is -0.127. The van der Waals surface area contributed by atoms with Crippen LogP contribution in [0.1, 0.15) is 16.8 Å². The van der Waals surface area contributed by atoms with Crippen molar-refractivity contribution >= 4 is 27.3 Å². The van der Waals surface area contributed by atoms with Crippen LogP contribution in [0.25, 0.3) is 43.7 Å². The fraction of sp³-hybridized carbons (Fsp3) is 0.265. The van der Waals surface area contributed by atoms with Gasteiger partial charge in [-0.3, -0.25) is 9.48 Å². The van der Waals surface area contributed by atoms with E-state index in [-0.39, 0.29) is 18.3 Å². The first-order chi connectivity index (χ1) is 21.6.